The van der Waals surface area contributed by atoms with Crippen molar-refractivity contribution in [2.24, 2.45) is 0 Å². The number of ether oxygens (including phenoxy) is 3. The average molecular weight is 374 g/mol. The van der Waals surface area contributed by atoms with Crippen molar-refractivity contribution >= 4 is 23.9 Å². The first-order chi connectivity index (χ1) is 12.4. The van der Waals surface area contributed by atoms with Gasteiger partial charge in [0.2, 0.25) is 12.2 Å². The van der Waals surface area contributed by atoms with Crippen molar-refractivity contribution in [1.29, 1.82) is 0 Å². The highest BCUT2D eigenvalue weighted by molar-refractivity contribution is 5.88. The smallest absolute Gasteiger partial charge is 0.352 e. The van der Waals surface area contributed by atoms with Crippen molar-refractivity contribution in [1.82, 2.24) is 0 Å². The number of hydrogen-bond acceptors (Lipinski definition) is 7. The van der Waals surface area contributed by atoms with Crippen LogP contribution in [-0.2, 0) is 33.4 Å². The standard InChI is InChI=1S/C18H30O8/c1-4-7-8-9-10-11-12-24-18(23)16(26-14(20)6-3)15(17(21)22)25-13(19)5-2/h15-16H,4-12H2,1-3H3,(H,21,22)/t15-,16-/m1/s1. The Hall–Kier alpha value is -2.12. The molecule has 0 aromatic rings. The first-order valence-corrected chi connectivity index (χ1v) is 9.15. The molecule has 0 fully saturated rings. The molecule has 0 saturated heterocycles. The summed E-state index contributed by atoms with van der Waals surface area (Å²) in [6.07, 6.45) is 2.01. The lowest BCUT2D eigenvalue weighted by atomic mass is 10.1. The van der Waals surface area contributed by atoms with E-state index in [1.54, 1.807) is 0 Å². The summed E-state index contributed by atoms with van der Waals surface area (Å²) >= 11 is 0. The fourth-order valence-electron chi connectivity index (χ4n) is 2.06. The van der Waals surface area contributed by atoms with E-state index in [1.807, 2.05) is 0 Å². The summed E-state index contributed by atoms with van der Waals surface area (Å²) in [6.45, 7) is 5.17. The maximum Gasteiger partial charge on any atom is 0.352 e. The van der Waals surface area contributed by atoms with Crippen LogP contribution < -0.4 is 0 Å². The van der Waals surface area contributed by atoms with Crippen LogP contribution in [0.1, 0.15) is 72.1 Å². The number of aliphatic carboxylic acids is 1. The van der Waals surface area contributed by atoms with Crippen LogP contribution in [0, 0.1) is 0 Å². The lowest BCUT2D eigenvalue weighted by Crippen LogP contribution is -2.46. The van der Waals surface area contributed by atoms with Gasteiger partial charge in [0.15, 0.2) is 0 Å². The van der Waals surface area contributed by atoms with Crippen molar-refractivity contribution in [2.45, 2.75) is 84.3 Å². The number of hydrogen-bond donors (Lipinski definition) is 1. The highest BCUT2D eigenvalue weighted by Crippen LogP contribution is 2.12. The van der Waals surface area contributed by atoms with Crippen LogP contribution in [0.5, 0.6) is 0 Å². The number of carboxylic acids is 1. The average Bonchev–Trinajstić information content (AvgIpc) is 2.62. The zero-order valence-corrected chi connectivity index (χ0v) is 15.8. The predicted molar refractivity (Wildman–Crippen MR) is 92.3 cm³/mol. The molecule has 150 valence electrons. The molecule has 0 saturated carbocycles. The number of esters is 3. The predicted octanol–water partition coefficient (Wildman–Crippen LogP) is 2.62. The fourth-order valence-corrected chi connectivity index (χ4v) is 2.06. The molecule has 0 aliphatic heterocycles. The Balaban J connectivity index is 4.77. The molecule has 0 bridgehead atoms. The van der Waals surface area contributed by atoms with Crippen molar-refractivity contribution in [2.75, 3.05) is 6.61 Å². The third kappa shape index (κ3) is 10.0. The molecule has 2 atom stereocenters. The van der Waals surface area contributed by atoms with Gasteiger partial charge >= 0.3 is 23.9 Å². The summed E-state index contributed by atoms with van der Waals surface area (Å²) in [6, 6.07) is 0. The molecule has 0 aromatic heterocycles. The van der Waals surface area contributed by atoms with E-state index in [4.69, 9.17) is 14.2 Å². The van der Waals surface area contributed by atoms with Gasteiger partial charge in [0.05, 0.1) is 6.61 Å². The molecule has 8 nitrogen and oxygen atoms in total. The van der Waals surface area contributed by atoms with Gasteiger partial charge in [-0.1, -0.05) is 52.9 Å². The van der Waals surface area contributed by atoms with Crippen molar-refractivity contribution in [3.05, 3.63) is 0 Å². The summed E-state index contributed by atoms with van der Waals surface area (Å²) in [5, 5.41) is 9.24. The minimum Gasteiger partial charge on any atom is -0.478 e. The third-order valence-electron chi connectivity index (χ3n) is 3.59. The highest BCUT2D eigenvalue weighted by Gasteiger charge is 2.41. The largest absolute Gasteiger partial charge is 0.478 e. The summed E-state index contributed by atoms with van der Waals surface area (Å²) in [5.41, 5.74) is 0. The second kappa shape index (κ2) is 14.1. The van der Waals surface area contributed by atoms with Gasteiger partial charge < -0.3 is 19.3 Å². The molecule has 0 aromatic carbocycles. The molecule has 0 rings (SSSR count). The van der Waals surface area contributed by atoms with Gasteiger partial charge in [0.1, 0.15) is 0 Å². The van der Waals surface area contributed by atoms with Crippen LogP contribution in [0.15, 0.2) is 0 Å². The second-order valence-corrected chi connectivity index (χ2v) is 5.80. The molecule has 0 aliphatic rings. The number of carboxylic acid groups (broad SMARTS) is 1. The Morgan fingerprint density at radius 2 is 1.27 bits per heavy atom. The zero-order chi connectivity index (χ0) is 19.9. The van der Waals surface area contributed by atoms with E-state index in [1.165, 1.54) is 13.8 Å². The van der Waals surface area contributed by atoms with Gasteiger partial charge in [-0.2, -0.15) is 0 Å². The van der Waals surface area contributed by atoms with Crippen LogP contribution in [0.4, 0.5) is 0 Å². The van der Waals surface area contributed by atoms with Crippen molar-refractivity contribution in [3.63, 3.8) is 0 Å². The van der Waals surface area contributed by atoms with E-state index in [2.05, 4.69) is 6.92 Å². The Morgan fingerprint density at radius 3 is 1.77 bits per heavy atom. The summed E-state index contributed by atoms with van der Waals surface area (Å²) in [5.74, 6) is -4.22. The molecular formula is C18H30O8. The summed E-state index contributed by atoms with van der Waals surface area (Å²) < 4.78 is 14.6. The van der Waals surface area contributed by atoms with Gasteiger partial charge in [0.25, 0.3) is 0 Å². The van der Waals surface area contributed by atoms with Crippen LogP contribution >= 0.6 is 0 Å². The minimum absolute atomic E-state index is 0.0602. The van der Waals surface area contributed by atoms with E-state index in [9.17, 15) is 24.3 Å². The number of carbonyl (C=O) groups is 4. The molecule has 0 unspecified atom stereocenters. The Morgan fingerprint density at radius 1 is 0.769 bits per heavy atom. The quantitative estimate of drug-likeness (QED) is 0.280. The molecule has 0 spiro atoms. The lowest BCUT2D eigenvalue weighted by molar-refractivity contribution is -0.189. The van der Waals surface area contributed by atoms with Crippen molar-refractivity contribution < 1.29 is 38.5 Å². The highest BCUT2D eigenvalue weighted by atomic mass is 16.6. The Kier molecular flexibility index (Phi) is 12.9. The fraction of sp³-hybridized carbons (Fsp3) is 0.778. The molecule has 0 amide bonds. The number of carbonyl (C=O) groups excluding carboxylic acids is 3. The van der Waals surface area contributed by atoms with Gasteiger partial charge in [-0.05, 0) is 6.42 Å². The van der Waals surface area contributed by atoms with E-state index < -0.39 is 36.1 Å². The van der Waals surface area contributed by atoms with Crippen LogP contribution in [-0.4, -0.2) is 47.8 Å². The molecule has 1 N–H and O–H groups in total. The Bertz CT molecular complexity index is 460. The van der Waals surface area contributed by atoms with Crippen molar-refractivity contribution in [3.8, 4) is 0 Å². The molecule has 0 heterocycles. The molecule has 0 aliphatic carbocycles. The normalized spacial score (nSPS) is 12.7. The lowest BCUT2D eigenvalue weighted by Gasteiger charge is -2.22. The monoisotopic (exact) mass is 374 g/mol. The van der Waals surface area contributed by atoms with Crippen LogP contribution in [0.3, 0.4) is 0 Å². The maximum absolute atomic E-state index is 12.2. The first kappa shape index (κ1) is 23.9. The first-order valence-electron chi connectivity index (χ1n) is 9.15. The second-order valence-electron chi connectivity index (χ2n) is 5.80. The zero-order valence-electron chi connectivity index (χ0n) is 15.8. The maximum atomic E-state index is 12.2. The number of unbranched alkanes of at least 4 members (excludes halogenated alkanes) is 5. The van der Waals surface area contributed by atoms with Gasteiger partial charge in [0, 0.05) is 12.8 Å². The third-order valence-corrected chi connectivity index (χ3v) is 3.59. The van der Waals surface area contributed by atoms with Gasteiger partial charge in [-0.15, -0.1) is 0 Å². The van der Waals surface area contributed by atoms with E-state index in [0.717, 1.165) is 32.1 Å². The molecule has 0 radical (unpaired) electrons. The minimum atomic E-state index is -1.94. The van der Waals surface area contributed by atoms with Crippen LogP contribution in [0.2, 0.25) is 0 Å². The SMILES string of the molecule is CCCCCCCCOC(=O)[C@H](OC(=O)CC)[C@@H](OC(=O)CC)C(=O)O. The molecule has 8 heteroatoms. The van der Waals surface area contributed by atoms with Gasteiger partial charge in [-0.3, -0.25) is 9.59 Å². The van der Waals surface area contributed by atoms with Gasteiger partial charge in [-0.25, -0.2) is 9.59 Å². The Labute approximate surface area is 154 Å². The van der Waals surface area contributed by atoms with E-state index >= 15 is 0 Å². The number of rotatable bonds is 14. The van der Waals surface area contributed by atoms with E-state index in [-0.39, 0.29) is 19.4 Å². The topological polar surface area (TPSA) is 116 Å². The molecule has 26 heavy (non-hydrogen) atoms. The molecular weight excluding hydrogens is 344 g/mol. The van der Waals surface area contributed by atoms with E-state index in [0.29, 0.717) is 6.42 Å². The summed E-state index contributed by atoms with van der Waals surface area (Å²) in [7, 11) is 0. The summed E-state index contributed by atoms with van der Waals surface area (Å²) in [4.78, 5) is 46.5. The van der Waals surface area contributed by atoms with Crippen LogP contribution in [0.25, 0.3) is 0 Å².